The number of hydrogen-bond donors (Lipinski definition) is 2. The summed E-state index contributed by atoms with van der Waals surface area (Å²) >= 11 is 3.70. The van der Waals surface area contributed by atoms with E-state index in [2.05, 4.69) is 12.6 Å². The molecule has 3 rings (SSSR count). The topological polar surface area (TPSA) is 72.6 Å². The average molecular weight is 314 g/mol. The fourth-order valence-corrected chi connectivity index (χ4v) is 2.90. The average Bonchev–Trinajstić information content (AvgIpc) is 2.61. The number of carbonyl (C=O) groups excluding carboxylic acids is 2. The van der Waals surface area contributed by atoms with E-state index in [1.54, 1.807) is 6.07 Å². The number of primary amides is 1. The number of urea groups is 1. The number of hydrogen-bond acceptors (Lipinski definition) is 3. The smallest absolute Gasteiger partial charge is 0.364 e. The van der Waals surface area contributed by atoms with Gasteiger partial charge in [0.05, 0.1) is 11.4 Å². The van der Waals surface area contributed by atoms with Crippen LogP contribution in [-0.2, 0) is 11.2 Å². The van der Waals surface area contributed by atoms with Gasteiger partial charge < -0.3 is 10.5 Å². The number of nitrogens with zero attached hydrogens (tertiary/aromatic N) is 1. The zero-order valence-electron chi connectivity index (χ0n) is 11.6. The summed E-state index contributed by atoms with van der Waals surface area (Å²) in [6.07, 6.45) is -0.0739. The third-order valence-corrected chi connectivity index (χ3v) is 3.73. The summed E-state index contributed by atoms with van der Waals surface area (Å²) in [5.74, 6) is 0. The van der Waals surface area contributed by atoms with Gasteiger partial charge in [0.15, 0.2) is 0 Å². The zero-order chi connectivity index (χ0) is 15.7. The molecule has 2 aromatic carbocycles. The number of benzene rings is 2. The predicted molar refractivity (Wildman–Crippen MR) is 86.5 cm³/mol. The van der Waals surface area contributed by atoms with E-state index >= 15 is 0 Å². The number of para-hydroxylation sites is 2. The van der Waals surface area contributed by atoms with Crippen LogP contribution in [0.5, 0.6) is 0 Å². The molecule has 1 heterocycles. The van der Waals surface area contributed by atoms with E-state index in [0.717, 1.165) is 11.1 Å². The number of thiol groups is 1. The molecule has 2 amide bonds. The second-order valence-electron chi connectivity index (χ2n) is 4.94. The van der Waals surface area contributed by atoms with Crippen LogP contribution < -0.4 is 10.6 Å². The lowest BCUT2D eigenvalue weighted by Crippen LogP contribution is -2.32. The van der Waals surface area contributed by atoms with Gasteiger partial charge in [0.2, 0.25) is 0 Å². The summed E-state index contributed by atoms with van der Waals surface area (Å²) in [6, 6.07) is 14.1. The van der Waals surface area contributed by atoms with Crippen molar-refractivity contribution in [2.45, 2.75) is 12.5 Å². The molecule has 0 aromatic heterocycles. The maximum Gasteiger partial charge on any atom is 0.364 e. The first-order chi connectivity index (χ1) is 10.6. The van der Waals surface area contributed by atoms with Crippen molar-refractivity contribution in [1.82, 2.24) is 0 Å². The van der Waals surface area contributed by atoms with Crippen molar-refractivity contribution in [1.29, 1.82) is 0 Å². The molecule has 0 saturated carbocycles. The first-order valence-corrected chi connectivity index (χ1v) is 7.18. The summed E-state index contributed by atoms with van der Waals surface area (Å²) < 4.78 is 5.33. The van der Waals surface area contributed by atoms with Crippen molar-refractivity contribution >= 4 is 35.3 Å². The molecular formula is C16H14N2O3S. The Morgan fingerprint density at radius 2 is 1.73 bits per heavy atom. The molecule has 5 nitrogen and oxygen atoms in total. The van der Waals surface area contributed by atoms with Gasteiger partial charge in [-0.15, -0.1) is 0 Å². The van der Waals surface area contributed by atoms with Crippen LogP contribution in [0.1, 0.15) is 17.2 Å². The second-order valence-corrected chi connectivity index (χ2v) is 5.30. The van der Waals surface area contributed by atoms with E-state index in [4.69, 9.17) is 10.5 Å². The Bertz CT molecular complexity index is 748. The predicted octanol–water partition coefficient (Wildman–Crippen LogP) is 3.57. The summed E-state index contributed by atoms with van der Waals surface area (Å²) in [4.78, 5) is 24.7. The Hall–Kier alpha value is -2.47. The van der Waals surface area contributed by atoms with Crippen molar-refractivity contribution < 1.29 is 14.3 Å². The maximum absolute atomic E-state index is 12.0. The molecule has 1 aliphatic rings. The minimum Gasteiger partial charge on any atom is -0.449 e. The fraction of sp³-hybridized carbons (Fsp3) is 0.125. The Morgan fingerprint density at radius 1 is 1.09 bits per heavy atom. The normalized spacial score (nSPS) is 16.2. The zero-order valence-corrected chi connectivity index (χ0v) is 12.5. The molecule has 0 bridgehead atoms. The van der Waals surface area contributed by atoms with Crippen LogP contribution in [-0.4, -0.2) is 11.3 Å². The lowest BCUT2D eigenvalue weighted by atomic mass is 10.0. The molecule has 1 aliphatic heterocycles. The largest absolute Gasteiger partial charge is 0.449 e. The molecule has 6 heteroatoms. The number of nitrogens with two attached hydrogens (primary N) is 1. The molecular weight excluding hydrogens is 300 g/mol. The quantitative estimate of drug-likeness (QED) is 0.624. The molecule has 2 N–H and O–H groups in total. The number of anilines is 2. The van der Waals surface area contributed by atoms with Crippen LogP contribution in [0.3, 0.4) is 0 Å². The van der Waals surface area contributed by atoms with Gasteiger partial charge in [0.25, 0.3) is 0 Å². The van der Waals surface area contributed by atoms with Crippen molar-refractivity contribution in [3.63, 3.8) is 0 Å². The number of ether oxygens (including phenoxy) is 1. The van der Waals surface area contributed by atoms with E-state index in [9.17, 15) is 9.59 Å². The molecule has 2 aromatic rings. The molecule has 112 valence electrons. The highest BCUT2D eigenvalue weighted by Gasteiger charge is 2.30. The van der Waals surface area contributed by atoms with Gasteiger partial charge in [0, 0.05) is 12.0 Å². The van der Waals surface area contributed by atoms with Gasteiger partial charge in [-0.25, -0.2) is 9.59 Å². The van der Waals surface area contributed by atoms with Crippen molar-refractivity contribution in [2.24, 2.45) is 5.73 Å². The van der Waals surface area contributed by atoms with E-state index in [-0.39, 0.29) is 0 Å². The number of amides is 2. The molecule has 0 saturated heterocycles. The molecule has 0 radical (unpaired) electrons. The van der Waals surface area contributed by atoms with Crippen LogP contribution in [0, 0.1) is 0 Å². The highest BCUT2D eigenvalue weighted by Crippen LogP contribution is 2.41. The van der Waals surface area contributed by atoms with E-state index in [1.165, 1.54) is 4.90 Å². The fourth-order valence-electron chi connectivity index (χ4n) is 2.77. The molecule has 0 fully saturated rings. The lowest BCUT2D eigenvalue weighted by Gasteiger charge is -2.23. The number of rotatable bonds is 1. The SMILES string of the molecule is NC(=O)N1c2ccccc2C[C@H](OC(=O)S)c2ccccc21. The van der Waals surface area contributed by atoms with Gasteiger partial charge in [0.1, 0.15) is 6.10 Å². The minimum atomic E-state index is -0.662. The molecule has 22 heavy (non-hydrogen) atoms. The lowest BCUT2D eigenvalue weighted by molar-refractivity contribution is 0.124. The Morgan fingerprint density at radius 3 is 2.41 bits per heavy atom. The van der Waals surface area contributed by atoms with Gasteiger partial charge >= 0.3 is 11.3 Å². The first-order valence-electron chi connectivity index (χ1n) is 6.74. The van der Waals surface area contributed by atoms with Crippen LogP contribution >= 0.6 is 12.6 Å². The van der Waals surface area contributed by atoms with Gasteiger partial charge in [-0.05, 0) is 17.7 Å². The minimum absolute atomic E-state index is 0.448. The second kappa shape index (κ2) is 5.73. The van der Waals surface area contributed by atoms with Gasteiger partial charge in [-0.3, -0.25) is 4.90 Å². The Labute approximate surface area is 133 Å². The number of carbonyl (C=O) groups is 2. The van der Waals surface area contributed by atoms with E-state index in [0.29, 0.717) is 17.8 Å². The van der Waals surface area contributed by atoms with Crippen molar-refractivity contribution in [3.05, 3.63) is 59.7 Å². The number of fused-ring (bicyclic) bond motifs is 2. The summed E-state index contributed by atoms with van der Waals surface area (Å²) in [6.45, 7) is 0. The van der Waals surface area contributed by atoms with Crippen LogP contribution in [0.15, 0.2) is 48.5 Å². The monoisotopic (exact) mass is 314 g/mol. The molecule has 1 atom stereocenters. The first kappa shape index (κ1) is 14.5. The Kier molecular flexibility index (Phi) is 3.77. The Balaban J connectivity index is 2.23. The van der Waals surface area contributed by atoms with Crippen LogP contribution in [0.2, 0.25) is 0 Å². The van der Waals surface area contributed by atoms with Crippen molar-refractivity contribution in [3.8, 4) is 0 Å². The van der Waals surface area contributed by atoms with E-state index < -0.39 is 17.4 Å². The van der Waals surface area contributed by atoms with Gasteiger partial charge in [-0.1, -0.05) is 49.0 Å². The van der Waals surface area contributed by atoms with Crippen molar-refractivity contribution in [2.75, 3.05) is 4.90 Å². The summed E-state index contributed by atoms with van der Waals surface area (Å²) in [5.41, 5.74) is 8.48. The molecule has 0 aliphatic carbocycles. The van der Waals surface area contributed by atoms with Crippen LogP contribution in [0.4, 0.5) is 21.0 Å². The molecule has 0 spiro atoms. The highest BCUT2D eigenvalue weighted by atomic mass is 32.1. The summed E-state index contributed by atoms with van der Waals surface area (Å²) in [5, 5.41) is -0.662. The van der Waals surface area contributed by atoms with Crippen LogP contribution in [0.25, 0.3) is 0 Å². The third-order valence-electron chi connectivity index (χ3n) is 3.63. The van der Waals surface area contributed by atoms with Gasteiger partial charge in [-0.2, -0.15) is 0 Å². The standard InChI is InChI=1S/C16H14N2O3S/c17-15(19)18-12-7-3-1-5-10(12)9-14(21-16(20)22)11-6-2-4-8-13(11)18/h1-8,14H,9H2,(H2,17,19)(H,20,22)/t14-/m0/s1. The molecule has 0 unspecified atom stereocenters. The summed E-state index contributed by atoms with van der Waals surface area (Å²) in [7, 11) is 0. The van der Waals surface area contributed by atoms with E-state index in [1.807, 2.05) is 42.5 Å². The highest BCUT2D eigenvalue weighted by molar-refractivity contribution is 7.96. The third kappa shape index (κ3) is 2.53. The maximum atomic E-state index is 12.0.